The number of benzene rings is 1. The molecule has 0 N–H and O–H groups in total. The molecule has 1 aromatic rings. The van der Waals surface area contributed by atoms with Crippen LogP contribution in [0.2, 0.25) is 0 Å². The fourth-order valence-corrected chi connectivity index (χ4v) is 1.07. The highest BCUT2D eigenvalue weighted by Gasteiger charge is 2.07. The Morgan fingerprint density at radius 3 is 2.67 bits per heavy atom. The van der Waals surface area contributed by atoms with Gasteiger partial charge in [-0.1, -0.05) is 12.1 Å². The second-order valence-corrected chi connectivity index (χ2v) is 2.64. The van der Waals surface area contributed by atoms with E-state index in [0.717, 1.165) is 11.6 Å². The fraction of sp³-hybridized carbons (Fsp3) is 0.200. The lowest BCUT2D eigenvalue weighted by Gasteiger charge is -2.03. The van der Waals surface area contributed by atoms with Gasteiger partial charge in [-0.2, -0.15) is 0 Å². The summed E-state index contributed by atoms with van der Waals surface area (Å²) in [5, 5.41) is 0. The highest BCUT2D eigenvalue weighted by atomic mass is 19.2. The molecule has 0 aromatic heterocycles. The molecule has 0 spiro atoms. The molecule has 0 unspecified atom stereocenters. The number of rotatable bonds is 2. The van der Waals surface area contributed by atoms with Crippen LogP contribution in [0.25, 0.3) is 0 Å². The predicted molar refractivity (Wildman–Crippen MR) is 45.0 cm³/mol. The van der Waals surface area contributed by atoms with E-state index < -0.39 is 11.6 Å². The molecular formula is C10H10F2. The van der Waals surface area contributed by atoms with Crippen LogP contribution in [-0.4, -0.2) is 0 Å². The minimum atomic E-state index is -0.791. The zero-order chi connectivity index (χ0) is 9.14. The molecule has 2 heteroatoms. The van der Waals surface area contributed by atoms with E-state index in [4.69, 9.17) is 0 Å². The lowest BCUT2D eigenvalue weighted by molar-refractivity contribution is 0.501. The largest absolute Gasteiger partial charge is 0.204 e. The molecule has 0 aliphatic heterocycles. The summed E-state index contributed by atoms with van der Waals surface area (Å²) in [4.78, 5) is 0. The van der Waals surface area contributed by atoms with Crippen molar-refractivity contribution >= 4 is 0 Å². The first-order valence-corrected chi connectivity index (χ1v) is 3.71. The van der Waals surface area contributed by atoms with Crippen molar-refractivity contribution in [3.8, 4) is 0 Å². The maximum Gasteiger partial charge on any atom is 0.162 e. The van der Waals surface area contributed by atoms with Crippen molar-refractivity contribution in [2.45, 2.75) is 13.3 Å². The van der Waals surface area contributed by atoms with Crippen molar-refractivity contribution in [2.24, 2.45) is 0 Å². The van der Waals surface area contributed by atoms with Crippen molar-refractivity contribution in [2.75, 3.05) is 0 Å². The first-order chi connectivity index (χ1) is 5.66. The first-order valence-electron chi connectivity index (χ1n) is 3.71. The van der Waals surface area contributed by atoms with Gasteiger partial charge in [-0.15, -0.1) is 6.58 Å². The molecule has 0 bridgehead atoms. The molecule has 0 aliphatic rings. The zero-order valence-electron chi connectivity index (χ0n) is 6.90. The summed E-state index contributed by atoms with van der Waals surface area (Å²) in [5.41, 5.74) is 1.15. The van der Waals surface area contributed by atoms with Gasteiger partial charge in [0.05, 0.1) is 0 Å². The maximum atomic E-state index is 12.9. The Labute approximate surface area is 70.5 Å². The van der Waals surface area contributed by atoms with Crippen LogP contribution in [-0.2, 0) is 6.42 Å². The van der Waals surface area contributed by atoms with E-state index >= 15 is 0 Å². The second kappa shape index (κ2) is 3.48. The smallest absolute Gasteiger partial charge is 0.162 e. The number of allylic oxidation sites excluding steroid dienone is 1. The average Bonchev–Trinajstić information content (AvgIpc) is 2.07. The van der Waals surface area contributed by atoms with E-state index in [9.17, 15) is 8.78 Å². The Morgan fingerprint density at radius 2 is 2.08 bits per heavy atom. The van der Waals surface area contributed by atoms with E-state index in [1.807, 2.05) is 0 Å². The molecule has 64 valence electrons. The van der Waals surface area contributed by atoms with Gasteiger partial charge in [0.2, 0.25) is 0 Å². The minimum Gasteiger partial charge on any atom is -0.204 e. The highest BCUT2D eigenvalue weighted by molar-refractivity contribution is 5.29. The molecule has 0 radical (unpaired) electrons. The third-order valence-electron chi connectivity index (χ3n) is 1.82. The van der Waals surface area contributed by atoms with Crippen LogP contribution in [0.5, 0.6) is 0 Å². The number of hydrogen-bond acceptors (Lipinski definition) is 0. The van der Waals surface area contributed by atoms with Gasteiger partial charge in [-0.25, -0.2) is 8.78 Å². The summed E-state index contributed by atoms with van der Waals surface area (Å²) in [6.07, 6.45) is 2.24. The van der Waals surface area contributed by atoms with Crippen molar-refractivity contribution < 1.29 is 8.78 Å². The van der Waals surface area contributed by atoms with E-state index in [2.05, 4.69) is 6.58 Å². The maximum absolute atomic E-state index is 12.9. The molecule has 0 fully saturated rings. The van der Waals surface area contributed by atoms with Crippen LogP contribution in [0, 0.1) is 18.6 Å². The fourth-order valence-electron chi connectivity index (χ4n) is 1.07. The van der Waals surface area contributed by atoms with Crippen molar-refractivity contribution in [3.63, 3.8) is 0 Å². The topological polar surface area (TPSA) is 0 Å². The number of hydrogen-bond donors (Lipinski definition) is 0. The first kappa shape index (κ1) is 8.91. The van der Waals surface area contributed by atoms with Crippen LogP contribution < -0.4 is 0 Å². The lowest BCUT2D eigenvalue weighted by Crippen LogP contribution is -1.94. The van der Waals surface area contributed by atoms with Crippen molar-refractivity contribution in [1.29, 1.82) is 0 Å². The zero-order valence-corrected chi connectivity index (χ0v) is 6.90. The van der Waals surface area contributed by atoms with Crippen LogP contribution in [0.4, 0.5) is 8.78 Å². The molecule has 12 heavy (non-hydrogen) atoms. The summed E-state index contributed by atoms with van der Waals surface area (Å²) >= 11 is 0. The van der Waals surface area contributed by atoms with Crippen LogP contribution in [0.15, 0.2) is 24.8 Å². The van der Waals surface area contributed by atoms with Gasteiger partial charge in [-0.05, 0) is 30.5 Å². The average molecular weight is 168 g/mol. The van der Waals surface area contributed by atoms with Gasteiger partial charge < -0.3 is 0 Å². The van der Waals surface area contributed by atoms with E-state index in [1.54, 1.807) is 19.1 Å². The Morgan fingerprint density at radius 1 is 1.42 bits per heavy atom. The molecule has 0 saturated heterocycles. The van der Waals surface area contributed by atoms with Gasteiger partial charge in [-0.3, -0.25) is 0 Å². The van der Waals surface area contributed by atoms with E-state index in [1.165, 1.54) is 0 Å². The minimum absolute atomic E-state index is 0.370. The molecule has 0 atom stereocenters. The highest BCUT2D eigenvalue weighted by Crippen LogP contribution is 2.16. The Bertz CT molecular complexity index is 303. The quantitative estimate of drug-likeness (QED) is 0.595. The Balaban J connectivity index is 3.16. The standard InChI is InChI=1S/C10H10F2/c1-3-4-8-5-6-9(11)10(12)7(8)2/h3,5-6H,1,4H2,2H3. The lowest BCUT2D eigenvalue weighted by atomic mass is 10.1. The molecule has 0 nitrogen and oxygen atoms in total. The summed E-state index contributed by atoms with van der Waals surface area (Å²) in [5.74, 6) is -1.55. The third kappa shape index (κ3) is 1.52. The van der Waals surface area contributed by atoms with Crippen LogP contribution in [0.3, 0.4) is 0 Å². The van der Waals surface area contributed by atoms with Crippen LogP contribution in [0.1, 0.15) is 11.1 Å². The second-order valence-electron chi connectivity index (χ2n) is 2.64. The normalized spacial score (nSPS) is 9.92. The Hall–Kier alpha value is -1.18. The monoisotopic (exact) mass is 168 g/mol. The SMILES string of the molecule is C=CCc1ccc(F)c(F)c1C. The third-order valence-corrected chi connectivity index (χ3v) is 1.82. The number of halogens is 2. The molecule has 1 rings (SSSR count). The predicted octanol–water partition coefficient (Wildman–Crippen LogP) is 3.00. The van der Waals surface area contributed by atoms with Gasteiger partial charge in [0, 0.05) is 0 Å². The van der Waals surface area contributed by atoms with E-state index in [-0.39, 0.29) is 0 Å². The molecule has 0 amide bonds. The summed E-state index contributed by atoms with van der Waals surface area (Å²) in [7, 11) is 0. The molecule has 0 aliphatic carbocycles. The van der Waals surface area contributed by atoms with Gasteiger partial charge in [0.15, 0.2) is 11.6 Å². The van der Waals surface area contributed by atoms with Gasteiger partial charge in [0.25, 0.3) is 0 Å². The molecular weight excluding hydrogens is 158 g/mol. The summed E-state index contributed by atoms with van der Waals surface area (Å²) < 4.78 is 25.5. The van der Waals surface area contributed by atoms with E-state index in [0.29, 0.717) is 12.0 Å². The van der Waals surface area contributed by atoms with Gasteiger partial charge in [0.1, 0.15) is 0 Å². The van der Waals surface area contributed by atoms with Crippen LogP contribution >= 0.6 is 0 Å². The molecule has 1 aromatic carbocycles. The van der Waals surface area contributed by atoms with Gasteiger partial charge >= 0.3 is 0 Å². The van der Waals surface area contributed by atoms with Crippen molar-refractivity contribution in [1.82, 2.24) is 0 Å². The Kier molecular flexibility index (Phi) is 2.58. The summed E-state index contributed by atoms with van der Waals surface area (Å²) in [6.45, 7) is 5.10. The molecule has 0 heterocycles. The molecule has 0 saturated carbocycles. The van der Waals surface area contributed by atoms with Crippen molar-refractivity contribution in [3.05, 3.63) is 47.5 Å². The summed E-state index contributed by atoms with van der Waals surface area (Å²) in [6, 6.07) is 2.72.